The number of rotatable bonds is 0. The van der Waals surface area contributed by atoms with Crippen molar-refractivity contribution in [3.05, 3.63) is 11.5 Å². The SMILES string of the molecule is CC1=C(O)C(C)C(C)C(N)=N1. The minimum atomic E-state index is 0.104. The summed E-state index contributed by atoms with van der Waals surface area (Å²) in [7, 11) is 0. The predicted molar refractivity (Wildman–Crippen MR) is 45.3 cm³/mol. The number of nitrogens with two attached hydrogens (primary N) is 1. The van der Waals surface area contributed by atoms with Gasteiger partial charge in [0.1, 0.15) is 11.6 Å². The summed E-state index contributed by atoms with van der Waals surface area (Å²) in [5.41, 5.74) is 6.27. The van der Waals surface area contributed by atoms with Crippen molar-refractivity contribution in [2.75, 3.05) is 0 Å². The van der Waals surface area contributed by atoms with Crippen LogP contribution in [0.4, 0.5) is 0 Å². The third-order valence-corrected chi connectivity index (χ3v) is 2.32. The van der Waals surface area contributed by atoms with Crippen LogP contribution in [0.15, 0.2) is 16.4 Å². The lowest BCUT2D eigenvalue weighted by atomic mass is 9.90. The van der Waals surface area contributed by atoms with Crippen LogP contribution in [0.5, 0.6) is 0 Å². The van der Waals surface area contributed by atoms with Crippen LogP contribution in [0, 0.1) is 11.8 Å². The quantitative estimate of drug-likeness (QED) is 0.554. The van der Waals surface area contributed by atoms with Crippen LogP contribution < -0.4 is 5.73 Å². The van der Waals surface area contributed by atoms with Crippen molar-refractivity contribution in [2.24, 2.45) is 22.6 Å². The first-order chi connectivity index (χ1) is 5.04. The number of allylic oxidation sites excluding steroid dienone is 2. The van der Waals surface area contributed by atoms with E-state index in [2.05, 4.69) is 4.99 Å². The summed E-state index contributed by atoms with van der Waals surface area (Å²) >= 11 is 0. The van der Waals surface area contributed by atoms with Crippen LogP contribution in [0.25, 0.3) is 0 Å². The van der Waals surface area contributed by atoms with E-state index in [1.165, 1.54) is 0 Å². The number of aliphatic hydroxyl groups excluding tert-OH is 1. The molecule has 0 saturated carbocycles. The molecule has 0 aliphatic carbocycles. The third-order valence-electron chi connectivity index (χ3n) is 2.32. The van der Waals surface area contributed by atoms with E-state index in [1.54, 1.807) is 6.92 Å². The van der Waals surface area contributed by atoms with Crippen LogP contribution in [-0.4, -0.2) is 10.9 Å². The number of aliphatic imine (C=N–C) groups is 1. The molecule has 1 aliphatic rings. The summed E-state index contributed by atoms with van der Waals surface area (Å²) in [5, 5.41) is 9.45. The van der Waals surface area contributed by atoms with Crippen molar-refractivity contribution in [1.29, 1.82) is 0 Å². The number of hydrogen-bond donors (Lipinski definition) is 2. The van der Waals surface area contributed by atoms with E-state index in [1.807, 2.05) is 13.8 Å². The molecule has 0 fully saturated rings. The van der Waals surface area contributed by atoms with E-state index in [0.717, 1.165) is 0 Å². The summed E-state index contributed by atoms with van der Waals surface area (Å²) in [4.78, 5) is 4.02. The van der Waals surface area contributed by atoms with Gasteiger partial charge in [-0.1, -0.05) is 13.8 Å². The van der Waals surface area contributed by atoms with Gasteiger partial charge in [-0.15, -0.1) is 0 Å². The fourth-order valence-electron chi connectivity index (χ4n) is 1.18. The highest BCUT2D eigenvalue weighted by atomic mass is 16.3. The van der Waals surface area contributed by atoms with Crippen molar-refractivity contribution in [2.45, 2.75) is 20.8 Å². The van der Waals surface area contributed by atoms with Crippen LogP contribution in [0.3, 0.4) is 0 Å². The van der Waals surface area contributed by atoms with Crippen molar-refractivity contribution in [3.8, 4) is 0 Å². The molecule has 62 valence electrons. The molecule has 2 atom stereocenters. The third kappa shape index (κ3) is 1.23. The van der Waals surface area contributed by atoms with Gasteiger partial charge in [0.05, 0.1) is 5.70 Å². The molecule has 0 aromatic carbocycles. The molecule has 2 unspecified atom stereocenters. The predicted octanol–water partition coefficient (Wildman–Crippen LogP) is 1.42. The molecule has 0 aromatic rings. The number of nitrogens with zero attached hydrogens (tertiary/aromatic N) is 1. The first-order valence-electron chi connectivity index (χ1n) is 3.77. The standard InChI is InChI=1S/C8H14N2O/c1-4-5(2)8(9)10-6(3)7(4)11/h4-5,11H,1-3H3,(H2,9,10). The molecule has 3 N–H and O–H groups in total. The maximum absolute atomic E-state index is 9.45. The maximum Gasteiger partial charge on any atom is 0.117 e. The van der Waals surface area contributed by atoms with Gasteiger partial charge in [-0.3, -0.25) is 0 Å². The molecule has 3 nitrogen and oxygen atoms in total. The smallest absolute Gasteiger partial charge is 0.117 e. The van der Waals surface area contributed by atoms with Gasteiger partial charge >= 0.3 is 0 Å². The zero-order valence-electron chi connectivity index (χ0n) is 7.13. The molecule has 0 saturated heterocycles. The number of amidine groups is 1. The molecular formula is C8H14N2O. The van der Waals surface area contributed by atoms with E-state index in [4.69, 9.17) is 5.73 Å². The highest BCUT2D eigenvalue weighted by molar-refractivity contribution is 5.85. The van der Waals surface area contributed by atoms with Gasteiger partial charge < -0.3 is 10.8 Å². The zero-order valence-corrected chi connectivity index (χ0v) is 7.13. The molecule has 1 aliphatic heterocycles. The van der Waals surface area contributed by atoms with Gasteiger partial charge in [0.2, 0.25) is 0 Å². The number of aliphatic hydroxyl groups is 1. The molecular weight excluding hydrogens is 140 g/mol. The second-order valence-electron chi connectivity index (χ2n) is 3.08. The molecule has 0 bridgehead atoms. The second kappa shape index (κ2) is 2.57. The molecule has 0 aromatic heterocycles. The fourth-order valence-corrected chi connectivity index (χ4v) is 1.18. The van der Waals surface area contributed by atoms with E-state index < -0.39 is 0 Å². The molecule has 1 heterocycles. The normalized spacial score (nSPS) is 32.1. The van der Waals surface area contributed by atoms with Crippen molar-refractivity contribution < 1.29 is 5.11 Å². The highest BCUT2D eigenvalue weighted by Gasteiger charge is 2.25. The fraction of sp³-hybridized carbons (Fsp3) is 0.625. The van der Waals surface area contributed by atoms with Crippen LogP contribution >= 0.6 is 0 Å². The average Bonchev–Trinajstić information content (AvgIpc) is 1.97. The molecule has 0 amide bonds. The Kier molecular flexibility index (Phi) is 1.89. The Morgan fingerprint density at radius 3 is 2.45 bits per heavy atom. The lowest BCUT2D eigenvalue weighted by Crippen LogP contribution is -2.31. The topological polar surface area (TPSA) is 58.6 Å². The van der Waals surface area contributed by atoms with Gasteiger partial charge in [0.25, 0.3) is 0 Å². The van der Waals surface area contributed by atoms with Crippen molar-refractivity contribution in [3.63, 3.8) is 0 Å². The largest absolute Gasteiger partial charge is 0.510 e. The molecule has 3 heteroatoms. The van der Waals surface area contributed by atoms with Crippen molar-refractivity contribution >= 4 is 5.84 Å². The Morgan fingerprint density at radius 2 is 1.91 bits per heavy atom. The Morgan fingerprint density at radius 1 is 1.36 bits per heavy atom. The summed E-state index contributed by atoms with van der Waals surface area (Å²) in [6.07, 6.45) is 0. The first kappa shape index (κ1) is 8.11. The minimum absolute atomic E-state index is 0.104. The molecule has 1 rings (SSSR count). The summed E-state index contributed by atoms with van der Waals surface area (Å²) in [6.45, 7) is 5.68. The van der Waals surface area contributed by atoms with Gasteiger partial charge in [-0.25, -0.2) is 4.99 Å². The Balaban J connectivity index is 3.01. The molecule has 11 heavy (non-hydrogen) atoms. The summed E-state index contributed by atoms with van der Waals surface area (Å²) < 4.78 is 0. The lowest BCUT2D eigenvalue weighted by molar-refractivity contribution is 0.304. The highest BCUT2D eigenvalue weighted by Crippen LogP contribution is 2.26. The zero-order chi connectivity index (χ0) is 8.59. The molecule has 0 spiro atoms. The Hall–Kier alpha value is -0.990. The van der Waals surface area contributed by atoms with E-state index in [0.29, 0.717) is 17.3 Å². The van der Waals surface area contributed by atoms with Gasteiger partial charge in [0, 0.05) is 11.8 Å². The Bertz CT molecular complexity index is 230. The average molecular weight is 154 g/mol. The van der Waals surface area contributed by atoms with Gasteiger partial charge in [0.15, 0.2) is 0 Å². The van der Waals surface area contributed by atoms with Crippen LogP contribution in [0.2, 0.25) is 0 Å². The molecule has 0 radical (unpaired) electrons. The van der Waals surface area contributed by atoms with E-state index in [-0.39, 0.29) is 11.8 Å². The summed E-state index contributed by atoms with van der Waals surface area (Å²) in [5.74, 6) is 1.24. The number of hydrogen-bond acceptors (Lipinski definition) is 3. The monoisotopic (exact) mass is 154 g/mol. The van der Waals surface area contributed by atoms with E-state index >= 15 is 0 Å². The maximum atomic E-state index is 9.45. The van der Waals surface area contributed by atoms with Gasteiger partial charge in [-0.05, 0) is 6.92 Å². The second-order valence-corrected chi connectivity index (χ2v) is 3.08. The van der Waals surface area contributed by atoms with Crippen LogP contribution in [0.1, 0.15) is 20.8 Å². The summed E-state index contributed by atoms with van der Waals surface area (Å²) in [6, 6.07) is 0. The minimum Gasteiger partial charge on any atom is -0.510 e. The van der Waals surface area contributed by atoms with Gasteiger partial charge in [-0.2, -0.15) is 0 Å². The van der Waals surface area contributed by atoms with E-state index in [9.17, 15) is 5.11 Å². The first-order valence-corrected chi connectivity index (χ1v) is 3.77. The van der Waals surface area contributed by atoms with Crippen molar-refractivity contribution in [1.82, 2.24) is 0 Å². The van der Waals surface area contributed by atoms with Crippen LogP contribution in [-0.2, 0) is 0 Å². The Labute approximate surface area is 66.6 Å². The lowest BCUT2D eigenvalue weighted by Gasteiger charge is -2.23.